The molecule has 1 aromatic carbocycles. The Balaban J connectivity index is 1.64. The molecule has 0 unspecified atom stereocenters. The first-order valence-corrected chi connectivity index (χ1v) is 7.31. The lowest BCUT2D eigenvalue weighted by Crippen LogP contribution is -2.30. The number of hydrogen-bond donors (Lipinski definition) is 0. The van der Waals surface area contributed by atoms with Crippen molar-refractivity contribution in [2.24, 2.45) is 0 Å². The molecule has 0 amide bonds. The Morgan fingerprint density at radius 3 is 2.64 bits per heavy atom. The van der Waals surface area contributed by atoms with Crippen molar-refractivity contribution in [2.45, 2.75) is 25.7 Å². The highest BCUT2D eigenvalue weighted by atomic mass is 16.7. The van der Waals surface area contributed by atoms with Gasteiger partial charge in [-0.15, -0.1) is 0 Å². The number of hydrogen-bond acceptors (Lipinski definition) is 4. The van der Waals surface area contributed by atoms with E-state index in [0.717, 1.165) is 11.3 Å². The molecular formula is C17H19NO4. The van der Waals surface area contributed by atoms with Gasteiger partial charge in [0, 0.05) is 18.3 Å². The summed E-state index contributed by atoms with van der Waals surface area (Å²) < 4.78 is 18.0. The molecule has 0 saturated carbocycles. The van der Waals surface area contributed by atoms with E-state index in [1.54, 1.807) is 6.20 Å². The number of rotatable bonds is 4. The fourth-order valence-corrected chi connectivity index (χ4v) is 2.52. The minimum absolute atomic E-state index is 0.252. The molecule has 116 valence electrons. The lowest BCUT2D eigenvalue weighted by atomic mass is 10.1. The fourth-order valence-electron chi connectivity index (χ4n) is 2.52. The second-order valence-corrected chi connectivity index (χ2v) is 5.42. The summed E-state index contributed by atoms with van der Waals surface area (Å²) in [4.78, 5) is 12.2. The number of carbonyl (C=O) groups is 1. The molecule has 1 saturated heterocycles. The van der Waals surface area contributed by atoms with Crippen LogP contribution in [0.25, 0.3) is 0 Å². The van der Waals surface area contributed by atoms with Crippen molar-refractivity contribution in [2.75, 3.05) is 13.2 Å². The summed E-state index contributed by atoms with van der Waals surface area (Å²) >= 11 is 0. The molecule has 0 aliphatic carbocycles. The van der Waals surface area contributed by atoms with Gasteiger partial charge in [-0.05, 0) is 24.6 Å². The Kier molecular flexibility index (Phi) is 4.27. The Labute approximate surface area is 129 Å². The van der Waals surface area contributed by atoms with Gasteiger partial charge in [0.15, 0.2) is 5.79 Å². The zero-order valence-corrected chi connectivity index (χ0v) is 12.5. The van der Waals surface area contributed by atoms with E-state index in [4.69, 9.17) is 14.2 Å². The monoisotopic (exact) mass is 301 g/mol. The first-order chi connectivity index (χ1) is 10.7. The van der Waals surface area contributed by atoms with E-state index in [2.05, 4.69) is 0 Å². The highest BCUT2D eigenvalue weighted by Gasteiger charge is 2.32. The topological polar surface area (TPSA) is 49.7 Å². The molecule has 22 heavy (non-hydrogen) atoms. The van der Waals surface area contributed by atoms with Crippen LogP contribution in [0.1, 0.15) is 18.2 Å². The quantitative estimate of drug-likeness (QED) is 0.871. The molecule has 0 atom stereocenters. The molecule has 2 aromatic rings. The van der Waals surface area contributed by atoms with Crippen LogP contribution < -0.4 is 0 Å². The molecule has 2 heterocycles. The number of ether oxygens (including phenoxy) is 3. The van der Waals surface area contributed by atoms with Crippen LogP contribution in [-0.2, 0) is 27.2 Å². The molecule has 1 aliphatic rings. The highest BCUT2D eigenvalue weighted by molar-refractivity contribution is 5.71. The minimum Gasteiger partial charge on any atom is -0.444 e. The predicted molar refractivity (Wildman–Crippen MR) is 80.5 cm³/mol. The Morgan fingerprint density at radius 2 is 1.91 bits per heavy atom. The predicted octanol–water partition coefficient (Wildman–Crippen LogP) is 2.98. The molecule has 0 bridgehead atoms. The summed E-state index contributed by atoms with van der Waals surface area (Å²) in [5.74, 6) is -0.671. The van der Waals surface area contributed by atoms with Crippen molar-refractivity contribution < 1.29 is 19.0 Å². The van der Waals surface area contributed by atoms with Crippen LogP contribution in [0, 0.1) is 0 Å². The summed E-state index contributed by atoms with van der Waals surface area (Å²) in [6.07, 6.45) is 1.80. The van der Waals surface area contributed by atoms with E-state index in [-0.39, 0.29) is 6.61 Å². The van der Waals surface area contributed by atoms with Crippen LogP contribution in [0.5, 0.6) is 0 Å². The van der Waals surface area contributed by atoms with Gasteiger partial charge in [-0.1, -0.05) is 30.3 Å². The molecule has 0 spiro atoms. The zero-order chi connectivity index (χ0) is 15.4. The van der Waals surface area contributed by atoms with Crippen molar-refractivity contribution in [3.05, 3.63) is 59.9 Å². The number of aromatic nitrogens is 1. The lowest BCUT2D eigenvalue weighted by molar-refractivity contribution is -0.141. The van der Waals surface area contributed by atoms with Crippen molar-refractivity contribution in [3.8, 4) is 0 Å². The van der Waals surface area contributed by atoms with Crippen molar-refractivity contribution in [1.29, 1.82) is 0 Å². The van der Waals surface area contributed by atoms with Gasteiger partial charge in [0.2, 0.25) is 0 Å². The van der Waals surface area contributed by atoms with E-state index < -0.39 is 11.9 Å². The number of carbonyl (C=O) groups excluding carboxylic acids is 1. The van der Waals surface area contributed by atoms with Crippen molar-refractivity contribution in [3.63, 3.8) is 0 Å². The molecule has 1 aromatic heterocycles. The van der Waals surface area contributed by atoms with Crippen LogP contribution >= 0.6 is 0 Å². The summed E-state index contributed by atoms with van der Waals surface area (Å²) in [6.45, 7) is 3.29. The Hall–Kier alpha value is -2.11. The second-order valence-electron chi connectivity index (χ2n) is 5.42. The average Bonchev–Trinajstić information content (AvgIpc) is 3.15. The summed E-state index contributed by atoms with van der Waals surface area (Å²) in [7, 11) is 0. The van der Waals surface area contributed by atoms with Gasteiger partial charge in [0.05, 0.1) is 13.2 Å². The van der Waals surface area contributed by atoms with Crippen molar-refractivity contribution in [1.82, 2.24) is 4.57 Å². The van der Waals surface area contributed by atoms with E-state index in [0.29, 0.717) is 19.6 Å². The molecule has 0 N–H and O–H groups in total. The summed E-state index contributed by atoms with van der Waals surface area (Å²) in [5.41, 5.74) is 1.77. The summed E-state index contributed by atoms with van der Waals surface area (Å²) in [5, 5.41) is 0. The van der Waals surface area contributed by atoms with E-state index >= 15 is 0 Å². The van der Waals surface area contributed by atoms with Gasteiger partial charge in [0.25, 0.3) is 0 Å². The standard InChI is InChI=1S/C17H19NO4/c1-17(21-10-11-22-17)12-15-8-5-9-18(15)16(19)20-13-14-6-3-2-4-7-14/h2-9H,10-13H2,1H3. The third-order valence-corrected chi connectivity index (χ3v) is 3.64. The van der Waals surface area contributed by atoms with Crippen LogP contribution in [0.4, 0.5) is 4.79 Å². The number of nitrogens with zero attached hydrogens (tertiary/aromatic N) is 1. The maximum atomic E-state index is 12.2. The van der Waals surface area contributed by atoms with Gasteiger partial charge < -0.3 is 14.2 Å². The van der Waals surface area contributed by atoms with Crippen molar-refractivity contribution >= 4 is 6.09 Å². The Bertz CT molecular complexity index is 629. The Morgan fingerprint density at radius 1 is 1.18 bits per heavy atom. The fraction of sp³-hybridized carbons (Fsp3) is 0.353. The van der Waals surface area contributed by atoms with Crippen LogP contribution in [-0.4, -0.2) is 29.7 Å². The lowest BCUT2D eigenvalue weighted by Gasteiger charge is -2.22. The smallest absolute Gasteiger partial charge is 0.418 e. The maximum Gasteiger partial charge on any atom is 0.418 e. The zero-order valence-electron chi connectivity index (χ0n) is 12.5. The number of benzene rings is 1. The average molecular weight is 301 g/mol. The SMILES string of the molecule is CC1(Cc2cccn2C(=O)OCc2ccccc2)OCCO1. The largest absolute Gasteiger partial charge is 0.444 e. The van der Waals surface area contributed by atoms with Gasteiger partial charge in [0.1, 0.15) is 6.61 Å². The molecule has 3 rings (SSSR count). The van der Waals surface area contributed by atoms with Gasteiger partial charge in [-0.3, -0.25) is 4.57 Å². The highest BCUT2D eigenvalue weighted by Crippen LogP contribution is 2.24. The molecule has 1 aliphatic heterocycles. The van der Waals surface area contributed by atoms with Gasteiger partial charge in [-0.25, -0.2) is 4.79 Å². The molecule has 5 heteroatoms. The van der Waals surface area contributed by atoms with Gasteiger partial charge in [-0.2, -0.15) is 0 Å². The van der Waals surface area contributed by atoms with E-state index in [1.165, 1.54) is 4.57 Å². The first-order valence-electron chi connectivity index (χ1n) is 7.31. The second kappa shape index (κ2) is 6.34. The minimum atomic E-state index is -0.671. The third-order valence-electron chi connectivity index (χ3n) is 3.64. The molecule has 1 fully saturated rings. The third kappa shape index (κ3) is 3.37. The molecule has 5 nitrogen and oxygen atoms in total. The maximum absolute atomic E-state index is 12.2. The van der Waals surface area contributed by atoms with Crippen LogP contribution in [0.2, 0.25) is 0 Å². The van der Waals surface area contributed by atoms with Crippen LogP contribution in [0.3, 0.4) is 0 Å². The normalized spacial score (nSPS) is 16.6. The van der Waals surface area contributed by atoms with Gasteiger partial charge >= 0.3 is 6.09 Å². The molecule has 0 radical (unpaired) electrons. The van der Waals surface area contributed by atoms with Crippen LogP contribution in [0.15, 0.2) is 48.7 Å². The summed E-state index contributed by atoms with van der Waals surface area (Å²) in [6, 6.07) is 13.3. The molecular weight excluding hydrogens is 282 g/mol. The first kappa shape index (κ1) is 14.8. The van der Waals surface area contributed by atoms with E-state index in [1.807, 2.05) is 49.4 Å². The van der Waals surface area contributed by atoms with E-state index in [9.17, 15) is 4.79 Å².